The van der Waals surface area contributed by atoms with E-state index in [1.807, 2.05) is 11.8 Å². The number of nitrogens with one attached hydrogen (secondary N) is 1. The van der Waals surface area contributed by atoms with Gasteiger partial charge in [0.1, 0.15) is 6.61 Å². The van der Waals surface area contributed by atoms with E-state index in [0.717, 1.165) is 0 Å². The van der Waals surface area contributed by atoms with E-state index in [1.54, 1.807) is 23.1 Å². The number of carboxylic acid groups (broad SMARTS) is 1. The van der Waals surface area contributed by atoms with Crippen LogP contribution in [0.15, 0.2) is 24.3 Å². The number of nitrogens with zero attached hydrogens (tertiary/aromatic N) is 2. The van der Waals surface area contributed by atoms with Crippen molar-refractivity contribution in [2.45, 2.75) is 25.8 Å². The molecular formula is C18H27ClFN3O4. The summed E-state index contributed by atoms with van der Waals surface area (Å²) in [5.41, 5.74) is 0. The number of benzene rings is 1. The van der Waals surface area contributed by atoms with Gasteiger partial charge in [0.05, 0.1) is 6.54 Å². The Hall–Kier alpha value is -2.06. The summed E-state index contributed by atoms with van der Waals surface area (Å²) in [5, 5.41) is 11.9. The van der Waals surface area contributed by atoms with Crippen LogP contribution in [0.1, 0.15) is 19.8 Å². The van der Waals surface area contributed by atoms with Gasteiger partial charge in [-0.2, -0.15) is 0 Å². The molecule has 2 rings (SSSR count). The van der Waals surface area contributed by atoms with Crippen LogP contribution < -0.4 is 10.1 Å². The van der Waals surface area contributed by atoms with E-state index < -0.39 is 11.8 Å². The van der Waals surface area contributed by atoms with Crippen LogP contribution in [0.4, 0.5) is 9.18 Å². The number of aliphatic carboxylic acids is 1. The van der Waals surface area contributed by atoms with E-state index in [0.29, 0.717) is 39.0 Å². The van der Waals surface area contributed by atoms with Crippen molar-refractivity contribution in [1.29, 1.82) is 0 Å². The van der Waals surface area contributed by atoms with Crippen LogP contribution >= 0.6 is 12.4 Å². The molecule has 0 atom stereocenters. The third-order valence-electron chi connectivity index (χ3n) is 4.41. The molecule has 9 heteroatoms. The highest BCUT2D eigenvalue weighted by Gasteiger charge is 2.27. The fourth-order valence-corrected chi connectivity index (χ4v) is 3.10. The smallest absolute Gasteiger partial charge is 0.317 e. The van der Waals surface area contributed by atoms with E-state index in [2.05, 4.69) is 5.32 Å². The Morgan fingerprint density at radius 2 is 2.00 bits per heavy atom. The van der Waals surface area contributed by atoms with Gasteiger partial charge in [-0.25, -0.2) is 9.18 Å². The first-order chi connectivity index (χ1) is 12.5. The molecule has 1 saturated heterocycles. The zero-order valence-electron chi connectivity index (χ0n) is 15.4. The molecule has 0 aromatic heterocycles. The number of likely N-dealkylation sites (tertiary alicyclic amines) is 1. The van der Waals surface area contributed by atoms with Crippen LogP contribution in [0.3, 0.4) is 0 Å². The average molecular weight is 404 g/mol. The minimum absolute atomic E-state index is 0. The molecular weight excluding hydrogens is 377 g/mol. The van der Waals surface area contributed by atoms with Gasteiger partial charge in [0.15, 0.2) is 11.6 Å². The summed E-state index contributed by atoms with van der Waals surface area (Å²) >= 11 is 0. The molecule has 1 aliphatic heterocycles. The van der Waals surface area contributed by atoms with Gasteiger partial charge in [0.25, 0.3) is 0 Å². The van der Waals surface area contributed by atoms with E-state index in [-0.39, 0.29) is 43.4 Å². The number of halogens is 2. The number of ether oxygens (including phenoxy) is 1. The van der Waals surface area contributed by atoms with Gasteiger partial charge in [-0.05, 0) is 31.9 Å². The van der Waals surface area contributed by atoms with Gasteiger partial charge in [0.2, 0.25) is 0 Å². The molecule has 7 nitrogen and oxygen atoms in total. The van der Waals surface area contributed by atoms with Crippen LogP contribution in [-0.4, -0.2) is 72.3 Å². The molecule has 1 aromatic rings. The number of hydrogen-bond donors (Lipinski definition) is 2. The molecule has 0 radical (unpaired) electrons. The van der Waals surface area contributed by atoms with Gasteiger partial charge in [0, 0.05) is 32.2 Å². The summed E-state index contributed by atoms with van der Waals surface area (Å²) in [6.45, 7) is 4.09. The quantitative estimate of drug-likeness (QED) is 0.695. The number of hydrogen-bond acceptors (Lipinski definition) is 4. The normalized spacial score (nSPS) is 14.6. The summed E-state index contributed by atoms with van der Waals surface area (Å²) in [6.07, 6.45) is 1.40. The third kappa shape index (κ3) is 7.22. The monoisotopic (exact) mass is 403 g/mol. The van der Waals surface area contributed by atoms with Crippen LogP contribution in [0, 0.1) is 5.82 Å². The second-order valence-corrected chi connectivity index (χ2v) is 6.20. The molecule has 27 heavy (non-hydrogen) atoms. The maximum atomic E-state index is 13.6. The topological polar surface area (TPSA) is 82.1 Å². The zero-order valence-corrected chi connectivity index (χ0v) is 16.2. The molecule has 2 N–H and O–H groups in total. The largest absolute Gasteiger partial charge is 0.489 e. The second kappa shape index (κ2) is 11.6. The highest BCUT2D eigenvalue weighted by atomic mass is 35.5. The summed E-state index contributed by atoms with van der Waals surface area (Å²) in [7, 11) is 0. The van der Waals surface area contributed by atoms with E-state index in [4.69, 9.17) is 9.84 Å². The summed E-state index contributed by atoms with van der Waals surface area (Å²) in [4.78, 5) is 26.6. The fourth-order valence-electron chi connectivity index (χ4n) is 3.10. The highest BCUT2D eigenvalue weighted by molar-refractivity contribution is 5.85. The van der Waals surface area contributed by atoms with E-state index >= 15 is 0 Å². The van der Waals surface area contributed by atoms with Crippen molar-refractivity contribution in [3.63, 3.8) is 0 Å². The van der Waals surface area contributed by atoms with Crippen molar-refractivity contribution in [3.05, 3.63) is 30.1 Å². The van der Waals surface area contributed by atoms with Crippen LogP contribution in [0.5, 0.6) is 5.75 Å². The highest BCUT2D eigenvalue weighted by Crippen LogP contribution is 2.18. The maximum absolute atomic E-state index is 13.6. The molecule has 0 aliphatic carbocycles. The lowest BCUT2D eigenvalue weighted by Gasteiger charge is -2.37. The molecule has 1 aliphatic rings. The van der Waals surface area contributed by atoms with Gasteiger partial charge >= 0.3 is 12.0 Å². The molecule has 2 amide bonds. The van der Waals surface area contributed by atoms with Crippen molar-refractivity contribution in [1.82, 2.24) is 15.1 Å². The molecule has 152 valence electrons. The molecule has 0 unspecified atom stereocenters. The molecule has 1 aromatic carbocycles. The Morgan fingerprint density at radius 1 is 1.33 bits per heavy atom. The number of urea groups is 1. The predicted molar refractivity (Wildman–Crippen MR) is 102 cm³/mol. The number of para-hydroxylation sites is 1. The van der Waals surface area contributed by atoms with Crippen molar-refractivity contribution in [2.24, 2.45) is 0 Å². The third-order valence-corrected chi connectivity index (χ3v) is 4.41. The molecule has 0 spiro atoms. The first-order valence-electron chi connectivity index (χ1n) is 8.87. The molecule has 0 bridgehead atoms. The van der Waals surface area contributed by atoms with E-state index in [1.165, 1.54) is 6.07 Å². The number of piperidine rings is 1. The molecule has 1 heterocycles. The SMILES string of the molecule is CCNC(=O)N1CCC(N(CCOc2ccccc2F)CC(=O)O)CC1.Cl. The first kappa shape index (κ1) is 23.0. The Labute approximate surface area is 164 Å². The van der Waals surface area contributed by atoms with Gasteiger partial charge in [-0.3, -0.25) is 9.69 Å². The molecule has 1 fully saturated rings. The predicted octanol–water partition coefficient (Wildman–Crippen LogP) is 2.21. The van der Waals surface area contributed by atoms with Gasteiger partial charge in [-0.15, -0.1) is 12.4 Å². The lowest BCUT2D eigenvalue weighted by molar-refractivity contribution is -0.139. The van der Waals surface area contributed by atoms with Crippen molar-refractivity contribution in [3.8, 4) is 5.75 Å². The maximum Gasteiger partial charge on any atom is 0.317 e. The van der Waals surface area contributed by atoms with Crippen LogP contribution in [0.2, 0.25) is 0 Å². The van der Waals surface area contributed by atoms with Gasteiger partial charge in [-0.1, -0.05) is 12.1 Å². The Kier molecular flexibility index (Phi) is 9.88. The number of carbonyl (C=O) groups is 2. The molecule has 0 saturated carbocycles. The lowest BCUT2D eigenvalue weighted by Crippen LogP contribution is -2.51. The lowest BCUT2D eigenvalue weighted by atomic mass is 10.0. The van der Waals surface area contributed by atoms with Gasteiger partial charge < -0.3 is 20.1 Å². The Morgan fingerprint density at radius 3 is 2.59 bits per heavy atom. The number of carboxylic acids is 1. The number of carbonyl (C=O) groups excluding carboxylic acids is 1. The Balaban J connectivity index is 0.00000364. The van der Waals surface area contributed by atoms with E-state index in [9.17, 15) is 14.0 Å². The average Bonchev–Trinajstić information content (AvgIpc) is 2.62. The fraction of sp³-hybridized carbons (Fsp3) is 0.556. The van der Waals surface area contributed by atoms with Crippen molar-refractivity contribution in [2.75, 3.05) is 39.3 Å². The number of amides is 2. The second-order valence-electron chi connectivity index (χ2n) is 6.20. The van der Waals surface area contributed by atoms with Crippen molar-refractivity contribution < 1.29 is 23.8 Å². The summed E-state index contributed by atoms with van der Waals surface area (Å²) in [5.74, 6) is -1.19. The van der Waals surface area contributed by atoms with Crippen LogP contribution in [0.25, 0.3) is 0 Å². The van der Waals surface area contributed by atoms with Crippen LogP contribution in [-0.2, 0) is 4.79 Å². The first-order valence-corrected chi connectivity index (χ1v) is 8.87. The number of rotatable bonds is 8. The van der Waals surface area contributed by atoms with Crippen molar-refractivity contribution >= 4 is 24.4 Å². The zero-order chi connectivity index (χ0) is 18.9. The minimum Gasteiger partial charge on any atom is -0.489 e. The summed E-state index contributed by atoms with van der Waals surface area (Å²) in [6, 6.07) is 6.11. The standard InChI is InChI=1S/C18H26FN3O4.ClH/c1-2-20-18(25)21-9-7-14(8-10-21)22(13-17(23)24)11-12-26-16-6-4-3-5-15(16)19;/h3-6,14H,2,7-13H2,1H3,(H,20,25)(H,23,24);1H. The Bertz CT molecular complexity index is 612. The summed E-state index contributed by atoms with van der Waals surface area (Å²) < 4.78 is 19.0. The minimum atomic E-state index is -0.915.